The van der Waals surface area contributed by atoms with Crippen LogP contribution in [0.4, 0.5) is 11.4 Å². The number of hydrogen-bond acceptors (Lipinski definition) is 6. The summed E-state index contributed by atoms with van der Waals surface area (Å²) in [4.78, 5) is 38.5. The normalized spacial score (nSPS) is 15.3. The minimum Gasteiger partial charge on any atom is -0.494 e. The Labute approximate surface area is 202 Å². The van der Waals surface area contributed by atoms with E-state index in [0.717, 1.165) is 5.75 Å². The second kappa shape index (κ2) is 10.9. The molecular formula is C26H24N2O5S. The average molecular weight is 477 g/mol. The number of rotatable bonds is 9. The summed E-state index contributed by atoms with van der Waals surface area (Å²) in [5, 5.41) is 2.24. The molecule has 0 radical (unpaired) electrons. The largest absolute Gasteiger partial charge is 0.494 e. The van der Waals surface area contributed by atoms with Gasteiger partial charge in [-0.25, -0.2) is 4.90 Å². The van der Waals surface area contributed by atoms with Crippen LogP contribution >= 0.6 is 11.8 Å². The molecule has 1 atom stereocenters. The Kier molecular flexibility index (Phi) is 7.49. The number of amides is 3. The number of benzene rings is 3. The highest BCUT2D eigenvalue weighted by Gasteiger charge is 2.39. The topological polar surface area (TPSA) is 84.9 Å². The smallest absolute Gasteiger partial charge is 0.247 e. The van der Waals surface area contributed by atoms with Crippen molar-refractivity contribution in [2.45, 2.75) is 18.6 Å². The van der Waals surface area contributed by atoms with Crippen molar-refractivity contribution in [2.24, 2.45) is 0 Å². The highest BCUT2D eigenvalue weighted by atomic mass is 32.2. The van der Waals surface area contributed by atoms with Crippen molar-refractivity contribution in [3.63, 3.8) is 0 Å². The lowest BCUT2D eigenvalue weighted by atomic mass is 10.3. The molecule has 3 aromatic carbocycles. The highest BCUT2D eigenvalue weighted by Crippen LogP contribution is 2.30. The molecule has 8 heteroatoms. The lowest BCUT2D eigenvalue weighted by molar-refractivity contribution is -0.121. The first-order valence-corrected chi connectivity index (χ1v) is 11.9. The SMILES string of the molecule is CCOc1ccc(Oc2ccc(NC(=O)CS[C@@H]3CC(=O)N(c4ccccc4)C3=O)cc2)cc1. The van der Waals surface area contributed by atoms with Crippen LogP contribution in [-0.2, 0) is 14.4 Å². The second-order valence-corrected chi connectivity index (χ2v) is 8.68. The van der Waals surface area contributed by atoms with Gasteiger partial charge in [-0.3, -0.25) is 14.4 Å². The molecule has 0 aliphatic carbocycles. The van der Waals surface area contributed by atoms with E-state index in [4.69, 9.17) is 9.47 Å². The van der Waals surface area contributed by atoms with Crippen molar-refractivity contribution in [3.05, 3.63) is 78.9 Å². The Morgan fingerprint density at radius 3 is 2.21 bits per heavy atom. The van der Waals surface area contributed by atoms with Gasteiger partial charge >= 0.3 is 0 Å². The third-order valence-corrected chi connectivity index (χ3v) is 6.24. The molecule has 34 heavy (non-hydrogen) atoms. The number of anilines is 2. The van der Waals surface area contributed by atoms with Crippen molar-refractivity contribution in [1.82, 2.24) is 0 Å². The summed E-state index contributed by atoms with van der Waals surface area (Å²) in [6, 6.07) is 23.2. The van der Waals surface area contributed by atoms with E-state index in [-0.39, 0.29) is 29.9 Å². The number of imide groups is 1. The van der Waals surface area contributed by atoms with Gasteiger partial charge < -0.3 is 14.8 Å². The maximum atomic E-state index is 12.7. The molecule has 0 spiro atoms. The molecule has 3 amide bonds. The molecule has 1 aliphatic heterocycles. The van der Waals surface area contributed by atoms with Crippen LogP contribution < -0.4 is 19.7 Å². The zero-order chi connectivity index (χ0) is 23.9. The Balaban J connectivity index is 1.26. The van der Waals surface area contributed by atoms with Crippen molar-refractivity contribution >= 4 is 40.9 Å². The quantitative estimate of drug-likeness (QED) is 0.443. The molecule has 1 saturated heterocycles. The van der Waals surface area contributed by atoms with Crippen LogP contribution in [0, 0.1) is 0 Å². The van der Waals surface area contributed by atoms with Gasteiger partial charge in [0.15, 0.2) is 0 Å². The van der Waals surface area contributed by atoms with Gasteiger partial charge in [0.1, 0.15) is 17.2 Å². The van der Waals surface area contributed by atoms with Crippen molar-refractivity contribution in [1.29, 1.82) is 0 Å². The number of thioether (sulfide) groups is 1. The van der Waals surface area contributed by atoms with Crippen LogP contribution in [0.3, 0.4) is 0 Å². The first-order chi connectivity index (χ1) is 16.5. The average Bonchev–Trinajstić information content (AvgIpc) is 3.14. The van der Waals surface area contributed by atoms with Crippen LogP contribution in [0.5, 0.6) is 17.2 Å². The summed E-state index contributed by atoms with van der Waals surface area (Å²) in [6.07, 6.45) is 0.0866. The number of para-hydroxylation sites is 1. The molecule has 7 nitrogen and oxygen atoms in total. The molecule has 1 aliphatic rings. The fraction of sp³-hybridized carbons (Fsp3) is 0.192. The van der Waals surface area contributed by atoms with Gasteiger partial charge in [-0.15, -0.1) is 11.8 Å². The van der Waals surface area contributed by atoms with Gasteiger partial charge in [-0.2, -0.15) is 0 Å². The van der Waals surface area contributed by atoms with Crippen LogP contribution in [0.1, 0.15) is 13.3 Å². The van der Waals surface area contributed by atoms with Gasteiger partial charge in [-0.1, -0.05) is 18.2 Å². The molecule has 0 unspecified atom stereocenters. The zero-order valence-corrected chi connectivity index (χ0v) is 19.4. The molecule has 3 aromatic rings. The summed E-state index contributed by atoms with van der Waals surface area (Å²) >= 11 is 1.17. The van der Waals surface area contributed by atoms with Crippen LogP contribution in [0.2, 0.25) is 0 Å². The van der Waals surface area contributed by atoms with E-state index in [2.05, 4.69) is 5.32 Å². The van der Waals surface area contributed by atoms with Gasteiger partial charge in [0.2, 0.25) is 17.7 Å². The number of carbonyl (C=O) groups is 3. The molecule has 0 bridgehead atoms. The molecule has 0 aromatic heterocycles. The first-order valence-electron chi connectivity index (χ1n) is 10.9. The van der Waals surface area contributed by atoms with Crippen LogP contribution in [0.25, 0.3) is 0 Å². The second-order valence-electron chi connectivity index (χ2n) is 7.49. The summed E-state index contributed by atoms with van der Waals surface area (Å²) in [5.41, 5.74) is 1.17. The summed E-state index contributed by atoms with van der Waals surface area (Å²) in [7, 11) is 0. The molecule has 1 fully saturated rings. The number of nitrogens with one attached hydrogen (secondary N) is 1. The molecule has 0 saturated carbocycles. The Bertz CT molecular complexity index is 1150. The molecule has 174 valence electrons. The van der Waals surface area contributed by atoms with Crippen LogP contribution in [-0.4, -0.2) is 35.3 Å². The van der Waals surface area contributed by atoms with Crippen molar-refractivity contribution in [2.75, 3.05) is 22.6 Å². The van der Waals surface area contributed by atoms with E-state index in [9.17, 15) is 14.4 Å². The standard InChI is InChI=1S/C26H24N2O5S/c1-2-32-20-12-14-22(15-13-20)33-21-10-8-18(9-11-21)27-24(29)17-34-23-16-25(30)28(26(23)31)19-6-4-3-5-7-19/h3-15,23H,2,16-17H2,1H3,(H,27,29)/t23-/m1/s1. The maximum Gasteiger partial charge on any atom is 0.247 e. The van der Waals surface area contributed by atoms with E-state index in [1.807, 2.05) is 37.3 Å². The molecule has 4 rings (SSSR count). The van der Waals surface area contributed by atoms with E-state index < -0.39 is 5.25 Å². The maximum absolute atomic E-state index is 12.7. The first kappa shape index (κ1) is 23.4. The lowest BCUT2D eigenvalue weighted by Gasteiger charge is -2.14. The number of ether oxygens (including phenoxy) is 2. The number of carbonyl (C=O) groups excluding carboxylic acids is 3. The highest BCUT2D eigenvalue weighted by molar-refractivity contribution is 8.01. The van der Waals surface area contributed by atoms with E-state index in [1.54, 1.807) is 48.5 Å². The van der Waals surface area contributed by atoms with Gasteiger partial charge in [0.25, 0.3) is 0 Å². The molecular weight excluding hydrogens is 452 g/mol. The minimum absolute atomic E-state index is 0.0662. The predicted molar refractivity (Wildman–Crippen MR) is 133 cm³/mol. The Morgan fingerprint density at radius 1 is 0.941 bits per heavy atom. The molecule has 1 heterocycles. The number of nitrogens with zero attached hydrogens (tertiary/aromatic N) is 1. The van der Waals surface area contributed by atoms with Crippen LogP contribution in [0.15, 0.2) is 78.9 Å². The van der Waals surface area contributed by atoms with Gasteiger partial charge in [-0.05, 0) is 67.6 Å². The monoisotopic (exact) mass is 476 g/mol. The van der Waals surface area contributed by atoms with E-state index in [0.29, 0.717) is 29.5 Å². The summed E-state index contributed by atoms with van der Waals surface area (Å²) < 4.78 is 11.2. The fourth-order valence-electron chi connectivity index (χ4n) is 3.47. The summed E-state index contributed by atoms with van der Waals surface area (Å²) in [6.45, 7) is 2.53. The van der Waals surface area contributed by atoms with E-state index in [1.165, 1.54) is 16.7 Å². The third-order valence-electron chi connectivity index (χ3n) is 5.04. The Hall–Kier alpha value is -3.78. The number of hydrogen-bond donors (Lipinski definition) is 1. The predicted octanol–water partition coefficient (Wildman–Crippen LogP) is 4.88. The van der Waals surface area contributed by atoms with Gasteiger partial charge in [0, 0.05) is 12.1 Å². The molecule has 1 N–H and O–H groups in total. The third kappa shape index (κ3) is 5.77. The minimum atomic E-state index is -0.566. The summed E-state index contributed by atoms with van der Waals surface area (Å²) in [5.74, 6) is 1.37. The zero-order valence-electron chi connectivity index (χ0n) is 18.6. The van der Waals surface area contributed by atoms with Crippen molar-refractivity contribution < 1.29 is 23.9 Å². The Morgan fingerprint density at radius 2 is 1.56 bits per heavy atom. The van der Waals surface area contributed by atoms with E-state index >= 15 is 0 Å². The van der Waals surface area contributed by atoms with Crippen molar-refractivity contribution in [3.8, 4) is 17.2 Å². The lowest BCUT2D eigenvalue weighted by Crippen LogP contribution is -2.31. The fourth-order valence-corrected chi connectivity index (χ4v) is 4.40. The van der Waals surface area contributed by atoms with Gasteiger partial charge in [0.05, 0.1) is 23.3 Å².